The minimum atomic E-state index is -0.0382. The molecule has 0 bridgehead atoms. The largest absolute Gasteiger partial charge is 0.396 e. The second-order valence-corrected chi connectivity index (χ2v) is 5.80. The zero-order valence-corrected chi connectivity index (χ0v) is 11.4. The van der Waals surface area contributed by atoms with Crippen LogP contribution in [0.15, 0.2) is 11.4 Å². The van der Waals surface area contributed by atoms with Gasteiger partial charge in [0.1, 0.15) is 0 Å². The van der Waals surface area contributed by atoms with Gasteiger partial charge in [-0.2, -0.15) is 0 Å². The number of aliphatic hydroxyl groups excluding tert-OH is 1. The van der Waals surface area contributed by atoms with Crippen molar-refractivity contribution in [3.05, 3.63) is 16.3 Å². The molecule has 1 aliphatic carbocycles. The minimum Gasteiger partial charge on any atom is -0.396 e. The molecular formula is C13H20N2O2S. The van der Waals surface area contributed by atoms with Gasteiger partial charge in [0.2, 0.25) is 5.91 Å². The summed E-state index contributed by atoms with van der Waals surface area (Å²) in [5, 5.41) is 17.6. The van der Waals surface area contributed by atoms with E-state index in [0.29, 0.717) is 12.0 Å². The summed E-state index contributed by atoms with van der Waals surface area (Å²) in [5.74, 6) is 0.345. The van der Waals surface area contributed by atoms with Crippen molar-refractivity contribution in [2.75, 3.05) is 11.9 Å². The number of carbonyl (C=O) groups is 1. The van der Waals surface area contributed by atoms with Crippen molar-refractivity contribution in [2.45, 2.75) is 38.8 Å². The third kappa shape index (κ3) is 3.31. The number of carbonyl (C=O) groups excluding carboxylic acids is 1. The monoisotopic (exact) mass is 268 g/mol. The average Bonchev–Trinajstić information content (AvgIpc) is 2.94. The quantitative estimate of drug-likeness (QED) is 0.765. The first-order valence-electron chi connectivity index (χ1n) is 6.39. The Morgan fingerprint density at radius 3 is 3.11 bits per heavy atom. The van der Waals surface area contributed by atoms with E-state index in [4.69, 9.17) is 0 Å². The number of thiophene rings is 1. The molecule has 1 saturated carbocycles. The van der Waals surface area contributed by atoms with Crippen LogP contribution in [0.2, 0.25) is 0 Å². The molecule has 4 nitrogen and oxygen atoms in total. The minimum absolute atomic E-state index is 0.0382. The van der Waals surface area contributed by atoms with Gasteiger partial charge in [-0.1, -0.05) is 6.42 Å². The summed E-state index contributed by atoms with van der Waals surface area (Å²) in [7, 11) is 0. The SMILES string of the molecule is CC(=O)Nc1ccsc1CNC1CCCC1CO. The van der Waals surface area contributed by atoms with E-state index >= 15 is 0 Å². The lowest BCUT2D eigenvalue weighted by atomic mass is 10.1. The highest BCUT2D eigenvalue weighted by molar-refractivity contribution is 7.10. The summed E-state index contributed by atoms with van der Waals surface area (Å²) in [5.41, 5.74) is 0.901. The smallest absolute Gasteiger partial charge is 0.221 e. The Morgan fingerprint density at radius 1 is 1.56 bits per heavy atom. The Kier molecular flexibility index (Phi) is 4.74. The lowest BCUT2D eigenvalue weighted by molar-refractivity contribution is -0.114. The van der Waals surface area contributed by atoms with Crippen LogP contribution in [-0.2, 0) is 11.3 Å². The van der Waals surface area contributed by atoms with Crippen molar-refractivity contribution in [1.82, 2.24) is 5.32 Å². The number of aliphatic hydroxyl groups is 1. The fourth-order valence-electron chi connectivity index (χ4n) is 2.53. The van der Waals surface area contributed by atoms with Crippen LogP contribution in [0.4, 0.5) is 5.69 Å². The average molecular weight is 268 g/mol. The van der Waals surface area contributed by atoms with Gasteiger partial charge in [0.15, 0.2) is 0 Å². The van der Waals surface area contributed by atoms with E-state index in [-0.39, 0.29) is 12.5 Å². The lowest BCUT2D eigenvalue weighted by Crippen LogP contribution is -2.33. The molecule has 5 heteroatoms. The molecule has 2 atom stereocenters. The van der Waals surface area contributed by atoms with Crippen molar-refractivity contribution in [2.24, 2.45) is 5.92 Å². The second kappa shape index (κ2) is 6.31. The molecule has 2 rings (SSSR count). The van der Waals surface area contributed by atoms with Gasteiger partial charge >= 0.3 is 0 Å². The predicted molar refractivity (Wildman–Crippen MR) is 73.7 cm³/mol. The summed E-state index contributed by atoms with van der Waals surface area (Å²) in [6, 6.07) is 2.34. The first-order valence-corrected chi connectivity index (χ1v) is 7.27. The van der Waals surface area contributed by atoms with Crippen LogP contribution in [-0.4, -0.2) is 23.7 Å². The highest BCUT2D eigenvalue weighted by Crippen LogP contribution is 2.27. The Hall–Kier alpha value is -0.910. The van der Waals surface area contributed by atoms with E-state index in [9.17, 15) is 9.90 Å². The highest BCUT2D eigenvalue weighted by atomic mass is 32.1. The Bertz CT molecular complexity index is 405. The molecule has 3 N–H and O–H groups in total. The molecule has 0 aliphatic heterocycles. The van der Waals surface area contributed by atoms with E-state index in [2.05, 4.69) is 10.6 Å². The van der Waals surface area contributed by atoms with Gasteiger partial charge in [-0.25, -0.2) is 0 Å². The van der Waals surface area contributed by atoms with Crippen molar-refractivity contribution in [1.29, 1.82) is 0 Å². The molecule has 1 aromatic rings. The summed E-state index contributed by atoms with van der Waals surface area (Å²) in [4.78, 5) is 12.2. The normalized spacial score (nSPS) is 23.2. The van der Waals surface area contributed by atoms with Gasteiger partial charge in [-0.15, -0.1) is 11.3 Å². The van der Waals surface area contributed by atoms with Gasteiger partial charge in [-0.05, 0) is 30.2 Å². The standard InChI is InChI=1S/C13H20N2O2S/c1-9(17)15-12-5-6-18-13(12)7-14-11-4-2-3-10(11)8-16/h5-6,10-11,14,16H,2-4,7-8H2,1H3,(H,15,17). The molecule has 1 heterocycles. The van der Waals surface area contributed by atoms with Crippen LogP contribution in [0.25, 0.3) is 0 Å². The summed E-state index contributed by atoms with van der Waals surface area (Å²) in [6.45, 7) is 2.54. The maximum Gasteiger partial charge on any atom is 0.221 e. The van der Waals surface area contributed by atoms with E-state index in [1.165, 1.54) is 13.3 Å². The molecule has 1 amide bonds. The summed E-state index contributed by atoms with van der Waals surface area (Å²) in [6.07, 6.45) is 3.43. The molecule has 0 radical (unpaired) electrons. The lowest BCUT2D eigenvalue weighted by Gasteiger charge is -2.19. The Labute approximate surface area is 111 Å². The van der Waals surface area contributed by atoms with E-state index in [1.807, 2.05) is 11.4 Å². The number of hydrogen-bond donors (Lipinski definition) is 3. The molecule has 100 valence electrons. The van der Waals surface area contributed by atoms with Crippen molar-refractivity contribution >= 4 is 22.9 Å². The number of anilines is 1. The second-order valence-electron chi connectivity index (χ2n) is 4.80. The molecule has 2 unspecified atom stereocenters. The Morgan fingerprint density at radius 2 is 2.39 bits per heavy atom. The van der Waals surface area contributed by atoms with E-state index in [1.54, 1.807) is 11.3 Å². The number of hydrogen-bond acceptors (Lipinski definition) is 4. The van der Waals surface area contributed by atoms with Crippen LogP contribution in [0, 0.1) is 5.92 Å². The van der Waals surface area contributed by atoms with E-state index in [0.717, 1.165) is 30.0 Å². The number of rotatable bonds is 5. The predicted octanol–water partition coefficient (Wildman–Crippen LogP) is 1.96. The number of amides is 1. The van der Waals surface area contributed by atoms with Gasteiger partial charge < -0.3 is 15.7 Å². The molecule has 0 aromatic carbocycles. The van der Waals surface area contributed by atoms with E-state index < -0.39 is 0 Å². The number of nitrogens with one attached hydrogen (secondary N) is 2. The van der Waals surface area contributed by atoms with Crippen LogP contribution in [0.3, 0.4) is 0 Å². The molecule has 1 aliphatic rings. The van der Waals surface area contributed by atoms with Crippen LogP contribution >= 0.6 is 11.3 Å². The van der Waals surface area contributed by atoms with Gasteiger partial charge in [0, 0.05) is 31.0 Å². The third-order valence-corrected chi connectivity index (χ3v) is 4.40. The summed E-state index contributed by atoms with van der Waals surface area (Å²) < 4.78 is 0. The molecule has 18 heavy (non-hydrogen) atoms. The molecule has 1 fully saturated rings. The molecule has 1 aromatic heterocycles. The van der Waals surface area contributed by atoms with Crippen LogP contribution < -0.4 is 10.6 Å². The molecular weight excluding hydrogens is 248 g/mol. The van der Waals surface area contributed by atoms with Gasteiger partial charge in [0.05, 0.1) is 5.69 Å². The topological polar surface area (TPSA) is 61.4 Å². The van der Waals surface area contributed by atoms with Crippen molar-refractivity contribution < 1.29 is 9.90 Å². The Balaban J connectivity index is 1.90. The van der Waals surface area contributed by atoms with Crippen molar-refractivity contribution in [3.8, 4) is 0 Å². The third-order valence-electron chi connectivity index (χ3n) is 3.47. The zero-order valence-electron chi connectivity index (χ0n) is 10.6. The maximum absolute atomic E-state index is 11.1. The fraction of sp³-hybridized carbons (Fsp3) is 0.615. The molecule has 0 saturated heterocycles. The summed E-state index contributed by atoms with van der Waals surface area (Å²) >= 11 is 1.64. The maximum atomic E-state index is 11.1. The van der Waals surface area contributed by atoms with Crippen LogP contribution in [0.1, 0.15) is 31.1 Å². The first kappa shape index (κ1) is 13.5. The van der Waals surface area contributed by atoms with Gasteiger partial charge in [0.25, 0.3) is 0 Å². The first-order chi connectivity index (χ1) is 8.70. The van der Waals surface area contributed by atoms with Gasteiger partial charge in [-0.3, -0.25) is 4.79 Å². The van der Waals surface area contributed by atoms with Crippen molar-refractivity contribution in [3.63, 3.8) is 0 Å². The van der Waals surface area contributed by atoms with Crippen LogP contribution in [0.5, 0.6) is 0 Å². The molecule has 0 spiro atoms. The highest BCUT2D eigenvalue weighted by Gasteiger charge is 2.26. The fourth-order valence-corrected chi connectivity index (χ4v) is 3.31. The zero-order chi connectivity index (χ0) is 13.0.